The first-order valence-corrected chi connectivity index (χ1v) is 5.09. The number of carbonyl (C=O) groups excluding carboxylic acids is 2. The Labute approximate surface area is 95.4 Å². The molecule has 1 rings (SSSR count). The molecule has 0 aliphatic heterocycles. The summed E-state index contributed by atoms with van der Waals surface area (Å²) in [6.45, 7) is 5.06. The Bertz CT molecular complexity index is 419. The van der Waals surface area contributed by atoms with Crippen LogP contribution in [-0.2, 0) is 14.9 Å². The molecule has 0 unspecified atom stereocenters. The van der Waals surface area contributed by atoms with Crippen LogP contribution in [0.2, 0.25) is 0 Å². The van der Waals surface area contributed by atoms with Gasteiger partial charge in [-0.15, -0.1) is 0 Å². The Morgan fingerprint density at radius 3 is 2.38 bits per heavy atom. The Morgan fingerprint density at radius 1 is 1.25 bits per heavy atom. The number of esters is 1. The molecule has 0 saturated heterocycles. The zero-order chi connectivity index (χ0) is 12.3. The third kappa shape index (κ3) is 2.30. The van der Waals surface area contributed by atoms with Crippen molar-refractivity contribution in [3.63, 3.8) is 0 Å². The number of carbonyl (C=O) groups is 2. The summed E-state index contributed by atoms with van der Waals surface area (Å²) in [5.41, 5.74) is 0.654. The van der Waals surface area contributed by atoms with E-state index in [1.165, 1.54) is 14.0 Å². The van der Waals surface area contributed by atoms with Crippen molar-refractivity contribution in [3.8, 4) is 0 Å². The number of ether oxygens (including phenoxy) is 1. The molecular formula is C13H16O3. The van der Waals surface area contributed by atoms with Gasteiger partial charge in [0.15, 0.2) is 5.78 Å². The Balaban J connectivity index is 3.18. The molecular weight excluding hydrogens is 204 g/mol. The summed E-state index contributed by atoms with van der Waals surface area (Å²) in [7, 11) is 1.36. The highest BCUT2D eigenvalue weighted by Gasteiger charge is 2.31. The van der Waals surface area contributed by atoms with Gasteiger partial charge < -0.3 is 4.74 Å². The van der Waals surface area contributed by atoms with Crippen LogP contribution < -0.4 is 0 Å². The second-order valence-electron chi connectivity index (χ2n) is 4.25. The Hall–Kier alpha value is -1.64. The molecule has 0 amide bonds. The topological polar surface area (TPSA) is 43.4 Å². The van der Waals surface area contributed by atoms with Crippen LogP contribution >= 0.6 is 0 Å². The van der Waals surface area contributed by atoms with Gasteiger partial charge in [0.2, 0.25) is 0 Å². The number of benzene rings is 1. The molecule has 86 valence electrons. The van der Waals surface area contributed by atoms with Gasteiger partial charge in [0, 0.05) is 5.56 Å². The molecule has 16 heavy (non-hydrogen) atoms. The lowest BCUT2D eigenvalue weighted by Gasteiger charge is -2.22. The minimum absolute atomic E-state index is 0.0116. The maximum atomic E-state index is 11.6. The van der Waals surface area contributed by atoms with E-state index in [9.17, 15) is 9.59 Å². The van der Waals surface area contributed by atoms with Crippen LogP contribution in [-0.4, -0.2) is 18.9 Å². The van der Waals surface area contributed by atoms with Crippen molar-refractivity contribution in [2.75, 3.05) is 7.11 Å². The molecule has 0 N–H and O–H groups in total. The fraction of sp³-hybridized carbons (Fsp3) is 0.385. The lowest BCUT2D eigenvalue weighted by atomic mass is 9.84. The van der Waals surface area contributed by atoms with E-state index in [0.717, 1.165) is 5.56 Å². The van der Waals surface area contributed by atoms with E-state index in [-0.39, 0.29) is 11.8 Å². The predicted octanol–water partition coefficient (Wildman–Crippen LogP) is 2.34. The van der Waals surface area contributed by atoms with Gasteiger partial charge in [0.1, 0.15) is 0 Å². The van der Waals surface area contributed by atoms with Crippen molar-refractivity contribution in [2.24, 2.45) is 0 Å². The van der Waals surface area contributed by atoms with Crippen molar-refractivity contribution < 1.29 is 14.3 Å². The van der Waals surface area contributed by atoms with Crippen molar-refractivity contribution in [1.82, 2.24) is 0 Å². The SMILES string of the molecule is COC(=O)C(C)(C)c1cccc(C(C)=O)c1. The molecule has 1 aromatic rings. The number of hydrogen-bond donors (Lipinski definition) is 0. The smallest absolute Gasteiger partial charge is 0.315 e. The van der Waals surface area contributed by atoms with Crippen LogP contribution in [0.3, 0.4) is 0 Å². The van der Waals surface area contributed by atoms with Crippen molar-refractivity contribution >= 4 is 11.8 Å². The molecule has 3 heteroatoms. The predicted molar refractivity (Wildman–Crippen MR) is 61.5 cm³/mol. The minimum Gasteiger partial charge on any atom is -0.468 e. The minimum atomic E-state index is -0.736. The van der Waals surface area contributed by atoms with E-state index in [0.29, 0.717) is 5.56 Å². The van der Waals surface area contributed by atoms with Gasteiger partial charge in [-0.2, -0.15) is 0 Å². The van der Waals surface area contributed by atoms with Crippen LogP contribution in [0.1, 0.15) is 36.7 Å². The monoisotopic (exact) mass is 220 g/mol. The molecule has 1 aromatic carbocycles. The molecule has 0 heterocycles. The first-order chi connectivity index (χ1) is 7.39. The molecule has 0 aliphatic carbocycles. The van der Waals surface area contributed by atoms with Crippen molar-refractivity contribution in [2.45, 2.75) is 26.2 Å². The highest BCUT2D eigenvalue weighted by Crippen LogP contribution is 2.25. The summed E-state index contributed by atoms with van der Waals surface area (Å²) in [5.74, 6) is -0.323. The van der Waals surface area contributed by atoms with Crippen LogP contribution in [0.15, 0.2) is 24.3 Å². The first kappa shape index (κ1) is 12.4. The van der Waals surface area contributed by atoms with Crippen molar-refractivity contribution in [3.05, 3.63) is 35.4 Å². The van der Waals surface area contributed by atoms with Crippen LogP contribution in [0.5, 0.6) is 0 Å². The Kier molecular flexibility index (Phi) is 3.48. The molecule has 0 bridgehead atoms. The second kappa shape index (κ2) is 4.47. The number of hydrogen-bond acceptors (Lipinski definition) is 3. The van der Waals surface area contributed by atoms with E-state index in [4.69, 9.17) is 4.74 Å². The fourth-order valence-corrected chi connectivity index (χ4v) is 1.50. The van der Waals surface area contributed by atoms with Crippen LogP contribution in [0.4, 0.5) is 0 Å². The third-order valence-corrected chi connectivity index (χ3v) is 2.69. The van der Waals surface area contributed by atoms with Gasteiger partial charge in [-0.3, -0.25) is 9.59 Å². The fourth-order valence-electron chi connectivity index (χ4n) is 1.50. The van der Waals surface area contributed by atoms with E-state index < -0.39 is 5.41 Å². The largest absolute Gasteiger partial charge is 0.468 e. The van der Waals surface area contributed by atoms with Crippen LogP contribution in [0, 0.1) is 0 Å². The Morgan fingerprint density at radius 2 is 1.88 bits per heavy atom. The van der Waals surface area contributed by atoms with Gasteiger partial charge in [0.05, 0.1) is 12.5 Å². The molecule has 3 nitrogen and oxygen atoms in total. The van der Waals surface area contributed by atoms with Gasteiger partial charge in [-0.25, -0.2) is 0 Å². The summed E-state index contributed by atoms with van der Waals surface area (Å²) in [6, 6.07) is 7.07. The summed E-state index contributed by atoms with van der Waals surface area (Å²) in [4.78, 5) is 22.9. The number of Topliss-reactive ketones (excluding diaryl/α,β-unsaturated/α-hetero) is 1. The maximum Gasteiger partial charge on any atom is 0.315 e. The van der Waals surface area contributed by atoms with E-state index in [2.05, 4.69) is 0 Å². The lowest BCUT2D eigenvalue weighted by molar-refractivity contribution is -0.146. The van der Waals surface area contributed by atoms with Gasteiger partial charge in [-0.05, 0) is 32.4 Å². The average Bonchev–Trinajstić information content (AvgIpc) is 2.28. The molecule has 0 atom stereocenters. The molecule has 0 spiro atoms. The zero-order valence-corrected chi connectivity index (χ0v) is 10.0. The normalized spacial score (nSPS) is 11.0. The quantitative estimate of drug-likeness (QED) is 0.580. The number of methoxy groups -OCH3 is 1. The van der Waals surface area contributed by atoms with E-state index in [1.54, 1.807) is 32.0 Å². The average molecular weight is 220 g/mol. The molecule has 0 fully saturated rings. The van der Waals surface area contributed by atoms with Gasteiger partial charge in [-0.1, -0.05) is 18.2 Å². The highest BCUT2D eigenvalue weighted by molar-refractivity contribution is 5.94. The third-order valence-electron chi connectivity index (χ3n) is 2.69. The van der Waals surface area contributed by atoms with E-state index >= 15 is 0 Å². The molecule has 0 saturated carbocycles. The second-order valence-corrected chi connectivity index (χ2v) is 4.25. The van der Waals surface area contributed by atoms with E-state index in [1.807, 2.05) is 6.07 Å². The maximum absolute atomic E-state index is 11.6. The highest BCUT2D eigenvalue weighted by atomic mass is 16.5. The summed E-state index contributed by atoms with van der Waals surface area (Å²) in [5, 5.41) is 0. The lowest BCUT2D eigenvalue weighted by Crippen LogP contribution is -2.30. The summed E-state index contributed by atoms with van der Waals surface area (Å²) in [6.07, 6.45) is 0. The standard InChI is InChI=1S/C13H16O3/c1-9(14)10-6-5-7-11(8-10)13(2,3)12(15)16-4/h5-8H,1-4H3. The summed E-state index contributed by atoms with van der Waals surface area (Å²) >= 11 is 0. The summed E-state index contributed by atoms with van der Waals surface area (Å²) < 4.78 is 4.75. The van der Waals surface area contributed by atoms with Gasteiger partial charge in [0.25, 0.3) is 0 Å². The van der Waals surface area contributed by atoms with Crippen molar-refractivity contribution in [1.29, 1.82) is 0 Å². The molecule has 0 aromatic heterocycles. The molecule has 0 radical (unpaired) electrons. The molecule has 0 aliphatic rings. The van der Waals surface area contributed by atoms with Gasteiger partial charge >= 0.3 is 5.97 Å². The number of rotatable bonds is 3. The van der Waals surface area contributed by atoms with Crippen LogP contribution in [0.25, 0.3) is 0 Å². The number of ketones is 1. The first-order valence-electron chi connectivity index (χ1n) is 5.09. The zero-order valence-electron chi connectivity index (χ0n) is 10.0.